The first kappa shape index (κ1) is 15.7. The minimum absolute atomic E-state index is 0.0884. The van der Waals surface area contributed by atoms with E-state index in [2.05, 4.69) is 0 Å². The normalized spacial score (nSPS) is 15.8. The van der Waals surface area contributed by atoms with Crippen molar-refractivity contribution in [2.75, 3.05) is 0 Å². The van der Waals surface area contributed by atoms with E-state index in [0.717, 1.165) is 5.56 Å². The smallest absolute Gasteiger partial charge is 0.349 e. The number of benzene rings is 2. The lowest BCUT2D eigenvalue weighted by molar-refractivity contribution is -0.145. The zero-order valence-electron chi connectivity index (χ0n) is 13.0. The molecule has 0 saturated carbocycles. The second-order valence-corrected chi connectivity index (χ2v) is 5.70. The summed E-state index contributed by atoms with van der Waals surface area (Å²) in [5.41, 5.74) is 1.47. The molecule has 0 saturated heterocycles. The van der Waals surface area contributed by atoms with Crippen molar-refractivity contribution in [3.63, 3.8) is 0 Å². The molecule has 1 heterocycles. The van der Waals surface area contributed by atoms with Gasteiger partial charge in [-0.15, -0.1) is 0 Å². The van der Waals surface area contributed by atoms with E-state index in [-0.39, 0.29) is 33.8 Å². The molecule has 1 atom stereocenters. The van der Waals surface area contributed by atoms with Gasteiger partial charge in [-0.3, -0.25) is 9.59 Å². The van der Waals surface area contributed by atoms with Crippen molar-refractivity contribution in [3.05, 3.63) is 57.6 Å². The summed E-state index contributed by atoms with van der Waals surface area (Å²) in [4.78, 5) is 36.0. The van der Waals surface area contributed by atoms with Crippen molar-refractivity contribution >= 4 is 18.0 Å². The number of carboxylic acid groups (broad SMARTS) is 1. The molecule has 0 aliphatic carbocycles. The molecule has 0 amide bonds. The van der Waals surface area contributed by atoms with E-state index in [9.17, 15) is 24.6 Å². The fraction of sp³-hybridized carbons (Fsp3) is 0.167. The van der Waals surface area contributed by atoms with Crippen LogP contribution in [0.25, 0.3) is 0 Å². The van der Waals surface area contributed by atoms with Crippen LogP contribution in [-0.4, -0.2) is 28.3 Å². The van der Waals surface area contributed by atoms with Crippen LogP contribution >= 0.6 is 0 Å². The lowest BCUT2D eigenvalue weighted by atomic mass is 9.92. The number of ether oxygens (including phenoxy) is 1. The molecule has 2 aromatic rings. The highest BCUT2D eigenvalue weighted by Gasteiger charge is 2.36. The first-order valence-corrected chi connectivity index (χ1v) is 7.21. The van der Waals surface area contributed by atoms with Gasteiger partial charge in [-0.1, -0.05) is 17.7 Å². The third-order valence-corrected chi connectivity index (χ3v) is 4.04. The van der Waals surface area contributed by atoms with Crippen molar-refractivity contribution in [2.24, 2.45) is 0 Å². The van der Waals surface area contributed by atoms with Crippen LogP contribution < -0.4 is 4.74 Å². The van der Waals surface area contributed by atoms with Gasteiger partial charge in [-0.25, -0.2) is 4.79 Å². The maximum Gasteiger partial charge on any atom is 0.349 e. The van der Waals surface area contributed by atoms with E-state index >= 15 is 0 Å². The number of phenolic OH excluding ortho intramolecular Hbond substituents is 1. The SMILES string of the molecule is Cc1ccc2c(c1)C(=O)c1c(C)cc(O)c(C=O)c1OC2C(=O)O. The predicted octanol–water partition coefficient (Wildman–Crippen LogP) is 2.57. The van der Waals surface area contributed by atoms with E-state index in [4.69, 9.17) is 4.74 Å². The number of rotatable bonds is 2. The number of carboxylic acids is 1. The monoisotopic (exact) mass is 326 g/mol. The third kappa shape index (κ3) is 2.23. The van der Waals surface area contributed by atoms with Gasteiger partial charge in [0.05, 0.1) is 11.1 Å². The van der Waals surface area contributed by atoms with E-state index < -0.39 is 17.9 Å². The van der Waals surface area contributed by atoms with E-state index in [1.54, 1.807) is 26.0 Å². The molecule has 1 aliphatic rings. The van der Waals surface area contributed by atoms with Gasteiger partial charge < -0.3 is 14.9 Å². The molecule has 1 unspecified atom stereocenters. The Morgan fingerprint density at radius 1 is 1.25 bits per heavy atom. The Hall–Kier alpha value is -3.15. The summed E-state index contributed by atoms with van der Waals surface area (Å²) >= 11 is 0. The number of carbonyl (C=O) groups excluding carboxylic acids is 2. The molecule has 0 spiro atoms. The Bertz CT molecular complexity index is 897. The molecule has 0 fully saturated rings. The Morgan fingerprint density at radius 2 is 1.96 bits per heavy atom. The zero-order chi connectivity index (χ0) is 17.6. The largest absolute Gasteiger partial charge is 0.507 e. The molecule has 1 aliphatic heterocycles. The molecule has 6 heteroatoms. The van der Waals surface area contributed by atoms with Crippen molar-refractivity contribution in [1.82, 2.24) is 0 Å². The van der Waals surface area contributed by atoms with Gasteiger partial charge in [-0.2, -0.15) is 0 Å². The second kappa shape index (κ2) is 5.49. The Balaban J connectivity index is 2.40. The first-order valence-electron chi connectivity index (χ1n) is 7.21. The molecular weight excluding hydrogens is 312 g/mol. The number of aromatic hydroxyl groups is 1. The van der Waals surface area contributed by atoms with Gasteiger partial charge >= 0.3 is 5.97 Å². The van der Waals surface area contributed by atoms with Crippen molar-refractivity contribution in [3.8, 4) is 11.5 Å². The second-order valence-electron chi connectivity index (χ2n) is 5.70. The summed E-state index contributed by atoms with van der Waals surface area (Å²) in [5.74, 6) is -2.29. The molecule has 2 aromatic carbocycles. The molecule has 24 heavy (non-hydrogen) atoms. The fourth-order valence-electron chi connectivity index (χ4n) is 2.90. The van der Waals surface area contributed by atoms with Crippen LogP contribution in [0.2, 0.25) is 0 Å². The highest BCUT2D eigenvalue weighted by atomic mass is 16.5. The van der Waals surface area contributed by atoms with Gasteiger partial charge in [0.15, 0.2) is 12.1 Å². The highest BCUT2D eigenvalue weighted by Crippen LogP contribution is 2.41. The number of fused-ring (bicyclic) bond motifs is 2. The first-order chi connectivity index (χ1) is 11.3. The van der Waals surface area contributed by atoms with Crippen molar-refractivity contribution in [2.45, 2.75) is 20.0 Å². The number of hydrogen-bond acceptors (Lipinski definition) is 5. The van der Waals surface area contributed by atoms with Crippen LogP contribution in [-0.2, 0) is 4.79 Å². The van der Waals surface area contributed by atoms with Crippen LogP contribution in [0, 0.1) is 13.8 Å². The maximum absolute atomic E-state index is 13.0. The summed E-state index contributed by atoms with van der Waals surface area (Å²) in [7, 11) is 0. The third-order valence-electron chi connectivity index (χ3n) is 4.04. The van der Waals surface area contributed by atoms with Gasteiger partial charge in [0.25, 0.3) is 0 Å². The van der Waals surface area contributed by atoms with Crippen LogP contribution in [0.5, 0.6) is 11.5 Å². The summed E-state index contributed by atoms with van der Waals surface area (Å²) in [6.07, 6.45) is -1.10. The topological polar surface area (TPSA) is 101 Å². The van der Waals surface area contributed by atoms with E-state index in [1.165, 1.54) is 12.1 Å². The molecule has 0 bridgehead atoms. The Kier molecular flexibility index (Phi) is 3.60. The number of aldehydes is 1. The lowest BCUT2D eigenvalue weighted by Gasteiger charge is -2.17. The van der Waals surface area contributed by atoms with Gasteiger partial charge in [0, 0.05) is 11.1 Å². The van der Waals surface area contributed by atoms with Crippen molar-refractivity contribution in [1.29, 1.82) is 0 Å². The van der Waals surface area contributed by atoms with Crippen LogP contribution in [0.15, 0.2) is 24.3 Å². The van der Waals surface area contributed by atoms with Gasteiger partial charge in [-0.05, 0) is 31.5 Å². The summed E-state index contributed by atoms with van der Waals surface area (Å²) < 4.78 is 5.53. The fourth-order valence-corrected chi connectivity index (χ4v) is 2.90. The summed E-state index contributed by atoms with van der Waals surface area (Å²) in [6, 6.07) is 6.11. The lowest BCUT2D eigenvalue weighted by Crippen LogP contribution is -2.19. The molecule has 3 rings (SSSR count). The van der Waals surface area contributed by atoms with E-state index in [0.29, 0.717) is 11.8 Å². The Labute approximate surface area is 137 Å². The number of phenols is 1. The zero-order valence-corrected chi connectivity index (χ0v) is 13.0. The minimum atomic E-state index is -1.45. The number of ketones is 1. The van der Waals surface area contributed by atoms with Crippen LogP contribution in [0.3, 0.4) is 0 Å². The molecule has 122 valence electrons. The van der Waals surface area contributed by atoms with Gasteiger partial charge in [0.2, 0.25) is 6.10 Å². The summed E-state index contributed by atoms with van der Waals surface area (Å²) in [5, 5.41) is 19.4. The number of hydrogen-bond donors (Lipinski definition) is 2. The number of aryl methyl sites for hydroxylation is 2. The number of carbonyl (C=O) groups is 3. The molecule has 0 aromatic heterocycles. The minimum Gasteiger partial charge on any atom is -0.507 e. The standard InChI is InChI=1S/C18H14O6/c1-8-3-4-10-11(5-8)15(21)14-9(2)6-13(20)12(7-19)16(14)24-17(10)18(22)23/h3-7,17,20H,1-2H3,(H,22,23). The van der Waals surface area contributed by atoms with Gasteiger partial charge in [0.1, 0.15) is 11.5 Å². The predicted molar refractivity (Wildman–Crippen MR) is 83.8 cm³/mol. The average Bonchev–Trinajstić information content (AvgIpc) is 2.63. The molecular formula is C18H14O6. The molecule has 0 radical (unpaired) electrons. The van der Waals surface area contributed by atoms with E-state index in [1.807, 2.05) is 0 Å². The Morgan fingerprint density at radius 3 is 2.58 bits per heavy atom. The van der Waals surface area contributed by atoms with Crippen LogP contribution in [0.4, 0.5) is 0 Å². The number of aliphatic carboxylic acids is 1. The quantitative estimate of drug-likeness (QED) is 0.823. The van der Waals surface area contributed by atoms with Crippen LogP contribution in [0.1, 0.15) is 49.1 Å². The molecule has 6 nitrogen and oxygen atoms in total. The molecule has 2 N–H and O–H groups in total. The van der Waals surface area contributed by atoms with Crippen molar-refractivity contribution < 1.29 is 29.3 Å². The average molecular weight is 326 g/mol. The highest BCUT2D eigenvalue weighted by molar-refractivity contribution is 6.15. The summed E-state index contributed by atoms with van der Waals surface area (Å²) in [6.45, 7) is 3.38. The maximum atomic E-state index is 13.0.